The van der Waals surface area contributed by atoms with Gasteiger partial charge in [-0.05, 0) is 43.0 Å². The van der Waals surface area contributed by atoms with E-state index in [1.54, 1.807) is 0 Å². The highest BCUT2D eigenvalue weighted by atomic mass is 79.9. The number of hydrogen-bond donors (Lipinski definition) is 2. The van der Waals surface area contributed by atoms with E-state index in [1.807, 2.05) is 25.1 Å². The minimum atomic E-state index is -0.242. The van der Waals surface area contributed by atoms with E-state index in [-0.39, 0.29) is 29.4 Å². The van der Waals surface area contributed by atoms with Gasteiger partial charge in [0.1, 0.15) is 5.78 Å². The molecule has 0 amide bonds. The molecule has 2 aliphatic rings. The molecule has 1 fully saturated rings. The zero-order valence-corrected chi connectivity index (χ0v) is 13.0. The molecule has 4 nitrogen and oxygen atoms in total. The summed E-state index contributed by atoms with van der Waals surface area (Å²) in [6.45, 7) is 1.95. The van der Waals surface area contributed by atoms with Crippen LogP contribution >= 0.6 is 15.9 Å². The van der Waals surface area contributed by atoms with Crippen LogP contribution in [-0.4, -0.2) is 20.6 Å². The summed E-state index contributed by atoms with van der Waals surface area (Å²) in [6, 6.07) is 5.60. The monoisotopic (exact) mass is 347 g/mol. The highest BCUT2D eigenvalue weighted by Crippen LogP contribution is 2.58. The van der Waals surface area contributed by atoms with Crippen LogP contribution in [0.4, 0.5) is 0 Å². The standard InChI is InChI=1S/C16H14BrNO3/c1-7-4-9(2-3-11(7)17)18-15(20)13-8-5-10(12(19)6-8)14(13)16(18)21/h2-4,8,10,20-21H,5-6H2,1H3/t8-,10+/m0/s1. The van der Waals surface area contributed by atoms with E-state index in [0.29, 0.717) is 17.7 Å². The van der Waals surface area contributed by atoms with E-state index in [2.05, 4.69) is 15.9 Å². The Kier molecular flexibility index (Phi) is 2.55. The zero-order chi connectivity index (χ0) is 14.9. The van der Waals surface area contributed by atoms with Gasteiger partial charge in [-0.15, -0.1) is 0 Å². The number of aryl methyl sites for hydroxylation is 1. The quantitative estimate of drug-likeness (QED) is 0.829. The molecule has 1 saturated carbocycles. The van der Waals surface area contributed by atoms with E-state index in [0.717, 1.165) is 22.0 Å². The third kappa shape index (κ3) is 1.58. The van der Waals surface area contributed by atoms with Gasteiger partial charge in [-0.3, -0.25) is 9.36 Å². The minimum absolute atomic E-state index is 0.00442. The van der Waals surface area contributed by atoms with E-state index in [4.69, 9.17) is 0 Å². The van der Waals surface area contributed by atoms with Crippen LogP contribution in [0.2, 0.25) is 0 Å². The average Bonchev–Trinajstić information content (AvgIpc) is 3.05. The number of hydrogen-bond acceptors (Lipinski definition) is 3. The Labute approximate surface area is 130 Å². The van der Waals surface area contributed by atoms with Crippen molar-refractivity contribution in [3.63, 3.8) is 0 Å². The lowest BCUT2D eigenvalue weighted by molar-refractivity contribution is -0.118. The lowest BCUT2D eigenvalue weighted by Crippen LogP contribution is -2.07. The lowest BCUT2D eigenvalue weighted by atomic mass is 9.94. The van der Waals surface area contributed by atoms with Gasteiger partial charge < -0.3 is 10.2 Å². The van der Waals surface area contributed by atoms with Gasteiger partial charge in [-0.2, -0.15) is 0 Å². The van der Waals surface area contributed by atoms with Crippen LogP contribution in [0.1, 0.15) is 41.4 Å². The first kappa shape index (κ1) is 13.0. The third-order valence-corrected chi connectivity index (χ3v) is 5.60. The number of aromatic nitrogens is 1. The molecule has 1 aromatic heterocycles. The molecule has 2 atom stereocenters. The van der Waals surface area contributed by atoms with E-state index < -0.39 is 0 Å². The number of nitrogens with zero attached hydrogens (tertiary/aromatic N) is 1. The summed E-state index contributed by atoms with van der Waals surface area (Å²) in [6.07, 6.45) is 1.21. The molecule has 1 heterocycles. The number of fused-ring (bicyclic) bond motifs is 5. The summed E-state index contributed by atoms with van der Waals surface area (Å²) < 4.78 is 2.42. The predicted octanol–water partition coefficient (Wildman–Crippen LogP) is 3.50. The van der Waals surface area contributed by atoms with Gasteiger partial charge in [0.25, 0.3) is 0 Å². The topological polar surface area (TPSA) is 62.5 Å². The van der Waals surface area contributed by atoms with Gasteiger partial charge in [0.15, 0.2) is 0 Å². The first-order chi connectivity index (χ1) is 9.99. The smallest absolute Gasteiger partial charge is 0.202 e. The maximum atomic E-state index is 11.9. The van der Waals surface area contributed by atoms with E-state index in [9.17, 15) is 15.0 Å². The van der Waals surface area contributed by atoms with Crippen LogP contribution in [0.15, 0.2) is 22.7 Å². The SMILES string of the molecule is Cc1cc(-n2c(O)c3c(c2O)[C@@H]2C[C@H]3CC2=O)ccc1Br. The van der Waals surface area contributed by atoms with Crippen molar-refractivity contribution in [2.75, 3.05) is 0 Å². The number of Topliss-reactive ketones (excluding diaryl/α,β-unsaturated/α-hetero) is 1. The molecule has 0 aliphatic heterocycles. The highest BCUT2D eigenvalue weighted by Gasteiger charge is 2.49. The largest absolute Gasteiger partial charge is 0.494 e. The summed E-state index contributed by atoms with van der Waals surface area (Å²) >= 11 is 3.44. The van der Waals surface area contributed by atoms with Gasteiger partial charge >= 0.3 is 0 Å². The summed E-state index contributed by atoms with van der Waals surface area (Å²) in [5, 5.41) is 21.1. The van der Waals surface area contributed by atoms with Crippen molar-refractivity contribution in [1.82, 2.24) is 4.57 Å². The predicted molar refractivity (Wildman–Crippen MR) is 81.3 cm³/mol. The summed E-state index contributed by atoms with van der Waals surface area (Å²) in [5.74, 6) is 0.0656. The molecular formula is C16H14BrNO3. The van der Waals surface area contributed by atoms with E-state index >= 15 is 0 Å². The third-order valence-electron chi connectivity index (χ3n) is 4.71. The Morgan fingerprint density at radius 2 is 1.95 bits per heavy atom. The Bertz CT molecular complexity index is 793. The van der Waals surface area contributed by atoms with Crippen molar-refractivity contribution in [3.8, 4) is 17.4 Å². The second kappa shape index (κ2) is 4.13. The van der Waals surface area contributed by atoms with Crippen LogP contribution in [0.25, 0.3) is 5.69 Å². The second-order valence-electron chi connectivity index (χ2n) is 5.90. The molecule has 0 radical (unpaired) electrons. The minimum Gasteiger partial charge on any atom is -0.494 e. The van der Waals surface area contributed by atoms with Crippen molar-refractivity contribution >= 4 is 21.7 Å². The number of halogens is 1. The maximum Gasteiger partial charge on any atom is 0.202 e. The molecule has 0 unspecified atom stereocenters. The van der Waals surface area contributed by atoms with Crippen LogP contribution in [0.3, 0.4) is 0 Å². The molecule has 21 heavy (non-hydrogen) atoms. The van der Waals surface area contributed by atoms with Crippen molar-refractivity contribution in [2.24, 2.45) is 0 Å². The van der Waals surface area contributed by atoms with Crippen molar-refractivity contribution in [2.45, 2.75) is 31.6 Å². The fraction of sp³-hybridized carbons (Fsp3) is 0.312. The van der Waals surface area contributed by atoms with Crippen LogP contribution < -0.4 is 0 Å². The molecule has 0 saturated heterocycles. The second-order valence-corrected chi connectivity index (χ2v) is 6.75. The summed E-state index contributed by atoms with van der Waals surface area (Å²) in [7, 11) is 0. The van der Waals surface area contributed by atoms with E-state index in [1.165, 1.54) is 4.57 Å². The van der Waals surface area contributed by atoms with Crippen LogP contribution in [0.5, 0.6) is 11.8 Å². The Balaban J connectivity index is 1.94. The zero-order valence-electron chi connectivity index (χ0n) is 11.4. The fourth-order valence-corrected chi connectivity index (χ4v) is 3.97. The molecule has 1 aromatic carbocycles. The molecule has 2 aromatic rings. The molecule has 5 heteroatoms. The van der Waals surface area contributed by atoms with Gasteiger partial charge in [0, 0.05) is 27.9 Å². The first-order valence-electron chi connectivity index (χ1n) is 6.94. The van der Waals surface area contributed by atoms with Gasteiger partial charge in [0.2, 0.25) is 11.8 Å². The van der Waals surface area contributed by atoms with Crippen molar-refractivity contribution < 1.29 is 15.0 Å². The highest BCUT2D eigenvalue weighted by molar-refractivity contribution is 9.10. The van der Waals surface area contributed by atoms with Crippen LogP contribution in [-0.2, 0) is 4.79 Å². The molecule has 2 bridgehead atoms. The first-order valence-corrected chi connectivity index (χ1v) is 7.74. The normalized spacial score (nSPS) is 22.9. The van der Waals surface area contributed by atoms with Gasteiger partial charge in [0.05, 0.1) is 5.69 Å². The number of aromatic hydroxyl groups is 2. The van der Waals surface area contributed by atoms with Gasteiger partial charge in [-0.1, -0.05) is 15.9 Å². The number of benzene rings is 1. The molecular weight excluding hydrogens is 334 g/mol. The molecule has 2 N–H and O–H groups in total. The molecule has 2 aliphatic carbocycles. The summed E-state index contributed by atoms with van der Waals surface area (Å²) in [4.78, 5) is 11.9. The maximum absolute atomic E-state index is 11.9. The Morgan fingerprint density at radius 1 is 1.24 bits per heavy atom. The number of rotatable bonds is 1. The Hall–Kier alpha value is -1.75. The fourth-order valence-electron chi connectivity index (χ4n) is 3.72. The lowest BCUT2D eigenvalue weighted by Gasteiger charge is -2.10. The summed E-state index contributed by atoms with van der Waals surface area (Å²) in [5.41, 5.74) is 3.11. The number of carbonyl (C=O) groups excluding carboxylic acids is 1. The molecule has 108 valence electrons. The molecule has 0 spiro atoms. The van der Waals surface area contributed by atoms with Crippen molar-refractivity contribution in [3.05, 3.63) is 39.4 Å². The Morgan fingerprint density at radius 3 is 2.67 bits per heavy atom. The van der Waals surface area contributed by atoms with Crippen molar-refractivity contribution in [1.29, 1.82) is 0 Å². The average molecular weight is 348 g/mol. The number of ketones is 1. The van der Waals surface area contributed by atoms with Gasteiger partial charge in [-0.25, -0.2) is 0 Å². The molecule has 4 rings (SSSR count). The van der Waals surface area contributed by atoms with Crippen LogP contribution in [0, 0.1) is 6.92 Å². The number of carbonyl (C=O) groups is 1.